The number of hydrogen-bond donors (Lipinski definition) is 2. The SMILES string of the molecule is C=C(C)CC(=O)OC(C)C(O)O[NH3+]. The minimum atomic E-state index is -1.19. The zero-order valence-corrected chi connectivity index (χ0v) is 7.95. The third kappa shape index (κ3) is 5.35. The number of rotatable bonds is 5. The number of ether oxygens (including phenoxy) is 1. The summed E-state index contributed by atoms with van der Waals surface area (Å²) in [7, 11) is 0. The monoisotopic (exact) mass is 190 g/mol. The smallest absolute Gasteiger partial charge is 0.310 e. The summed E-state index contributed by atoms with van der Waals surface area (Å²) in [6, 6.07) is 0. The number of aliphatic hydroxyl groups is 1. The molecule has 0 rings (SSSR count). The van der Waals surface area contributed by atoms with Crippen molar-refractivity contribution in [1.29, 1.82) is 0 Å². The molecule has 76 valence electrons. The van der Waals surface area contributed by atoms with Gasteiger partial charge >= 0.3 is 5.97 Å². The largest absolute Gasteiger partial charge is 0.457 e. The lowest BCUT2D eigenvalue weighted by Crippen LogP contribution is -2.55. The first-order chi connectivity index (χ1) is 5.97. The van der Waals surface area contributed by atoms with E-state index >= 15 is 0 Å². The van der Waals surface area contributed by atoms with Crippen LogP contribution in [0.3, 0.4) is 0 Å². The molecule has 0 amide bonds. The molecular weight excluding hydrogens is 174 g/mol. The number of aliphatic hydroxyl groups excluding tert-OH is 1. The minimum absolute atomic E-state index is 0.147. The number of carbonyl (C=O) groups is 1. The van der Waals surface area contributed by atoms with Gasteiger partial charge in [0, 0.05) is 0 Å². The van der Waals surface area contributed by atoms with Gasteiger partial charge in [0.1, 0.15) is 0 Å². The molecule has 0 aromatic rings. The third-order valence-corrected chi connectivity index (χ3v) is 1.34. The van der Waals surface area contributed by atoms with Crippen molar-refractivity contribution in [2.75, 3.05) is 0 Å². The maximum atomic E-state index is 11.0. The topological polar surface area (TPSA) is 83.4 Å². The molecule has 5 nitrogen and oxygen atoms in total. The Labute approximate surface area is 77.1 Å². The summed E-state index contributed by atoms with van der Waals surface area (Å²) in [6.45, 7) is 6.80. The van der Waals surface area contributed by atoms with Crippen molar-refractivity contribution >= 4 is 5.97 Å². The molecular formula is C8H16NO4+. The van der Waals surface area contributed by atoms with E-state index < -0.39 is 18.4 Å². The summed E-state index contributed by atoms with van der Waals surface area (Å²) in [6.07, 6.45) is -1.76. The molecule has 0 aliphatic heterocycles. The van der Waals surface area contributed by atoms with E-state index in [1.165, 1.54) is 6.92 Å². The van der Waals surface area contributed by atoms with E-state index in [0.29, 0.717) is 5.57 Å². The van der Waals surface area contributed by atoms with Crippen molar-refractivity contribution in [3.8, 4) is 0 Å². The van der Waals surface area contributed by atoms with Crippen LogP contribution in [0.5, 0.6) is 0 Å². The van der Waals surface area contributed by atoms with Crippen molar-refractivity contribution in [3.63, 3.8) is 0 Å². The van der Waals surface area contributed by atoms with E-state index in [2.05, 4.69) is 17.3 Å². The highest BCUT2D eigenvalue weighted by Crippen LogP contribution is 2.03. The van der Waals surface area contributed by atoms with E-state index in [9.17, 15) is 4.79 Å². The van der Waals surface area contributed by atoms with Crippen LogP contribution in [0.25, 0.3) is 0 Å². The summed E-state index contributed by atoms with van der Waals surface area (Å²) in [4.78, 5) is 15.3. The number of esters is 1. The molecule has 0 aromatic heterocycles. The lowest BCUT2D eigenvalue weighted by atomic mass is 10.2. The van der Waals surface area contributed by atoms with Crippen molar-refractivity contribution in [3.05, 3.63) is 12.2 Å². The summed E-state index contributed by atoms with van der Waals surface area (Å²) < 4.78 is 4.80. The van der Waals surface area contributed by atoms with Gasteiger partial charge in [0.2, 0.25) is 6.29 Å². The van der Waals surface area contributed by atoms with Crippen molar-refractivity contribution < 1.29 is 25.4 Å². The van der Waals surface area contributed by atoms with Gasteiger partial charge in [-0.25, -0.2) is 5.90 Å². The van der Waals surface area contributed by atoms with Gasteiger partial charge in [0.15, 0.2) is 6.10 Å². The molecule has 0 heterocycles. The van der Waals surface area contributed by atoms with Gasteiger partial charge in [0.25, 0.3) is 0 Å². The van der Waals surface area contributed by atoms with E-state index in [4.69, 9.17) is 9.84 Å². The maximum absolute atomic E-state index is 11.0. The van der Waals surface area contributed by atoms with Gasteiger partial charge in [-0.15, -0.1) is 0 Å². The third-order valence-electron chi connectivity index (χ3n) is 1.34. The first-order valence-electron chi connectivity index (χ1n) is 3.90. The average molecular weight is 190 g/mol. The first kappa shape index (κ1) is 12.1. The Morgan fingerprint density at radius 2 is 2.23 bits per heavy atom. The van der Waals surface area contributed by atoms with Crippen LogP contribution in [-0.4, -0.2) is 23.5 Å². The molecule has 2 atom stereocenters. The second-order valence-corrected chi connectivity index (χ2v) is 2.89. The first-order valence-corrected chi connectivity index (χ1v) is 3.90. The average Bonchev–Trinajstić information content (AvgIpc) is 2.01. The number of quaternary nitrogens is 1. The van der Waals surface area contributed by atoms with Gasteiger partial charge in [-0.1, -0.05) is 12.2 Å². The normalized spacial score (nSPS) is 14.8. The molecule has 2 unspecified atom stereocenters. The minimum Gasteiger partial charge on any atom is -0.457 e. The zero-order chi connectivity index (χ0) is 10.4. The molecule has 0 aliphatic carbocycles. The lowest BCUT2D eigenvalue weighted by molar-refractivity contribution is -0.720. The molecule has 0 aliphatic rings. The fraction of sp³-hybridized carbons (Fsp3) is 0.625. The standard InChI is InChI=1S/C8H16NO4/c1-5(2)4-7(10)12-6(3)8(11)13-9/h6,8,11H,1,4H2,2-3,9H3/q+1. The molecule has 13 heavy (non-hydrogen) atoms. The van der Waals surface area contributed by atoms with Crippen LogP contribution in [0.4, 0.5) is 0 Å². The fourth-order valence-electron chi connectivity index (χ4n) is 0.689. The fourth-order valence-corrected chi connectivity index (χ4v) is 0.689. The zero-order valence-electron chi connectivity index (χ0n) is 7.95. The molecule has 0 spiro atoms. The van der Waals surface area contributed by atoms with Crippen molar-refractivity contribution in [1.82, 2.24) is 0 Å². The second-order valence-electron chi connectivity index (χ2n) is 2.89. The van der Waals surface area contributed by atoms with Gasteiger partial charge in [-0.3, -0.25) is 4.79 Å². The van der Waals surface area contributed by atoms with Crippen LogP contribution in [-0.2, 0) is 14.4 Å². The van der Waals surface area contributed by atoms with Crippen LogP contribution < -0.4 is 5.90 Å². The highest BCUT2D eigenvalue weighted by Gasteiger charge is 2.19. The van der Waals surface area contributed by atoms with Crippen LogP contribution in [0.2, 0.25) is 0 Å². The summed E-state index contributed by atoms with van der Waals surface area (Å²) in [5.74, 6) is 2.58. The van der Waals surface area contributed by atoms with Gasteiger partial charge in [0.05, 0.1) is 6.42 Å². The van der Waals surface area contributed by atoms with Crippen molar-refractivity contribution in [2.45, 2.75) is 32.7 Å². The Balaban J connectivity index is 3.84. The molecule has 0 radical (unpaired) electrons. The van der Waals surface area contributed by atoms with Gasteiger partial charge < -0.3 is 9.84 Å². The Hall–Kier alpha value is -0.910. The van der Waals surface area contributed by atoms with E-state index in [0.717, 1.165) is 0 Å². The predicted molar refractivity (Wildman–Crippen MR) is 45.0 cm³/mol. The van der Waals surface area contributed by atoms with E-state index in [1.807, 2.05) is 0 Å². The van der Waals surface area contributed by atoms with Crippen molar-refractivity contribution in [2.24, 2.45) is 0 Å². The van der Waals surface area contributed by atoms with Crippen LogP contribution in [0.1, 0.15) is 20.3 Å². The molecule has 0 saturated carbocycles. The van der Waals surface area contributed by atoms with Gasteiger partial charge in [-0.2, -0.15) is 4.84 Å². The predicted octanol–water partition coefficient (Wildman–Crippen LogP) is -0.624. The Kier molecular flexibility index (Phi) is 5.29. The highest BCUT2D eigenvalue weighted by molar-refractivity contribution is 5.72. The van der Waals surface area contributed by atoms with E-state index in [1.54, 1.807) is 6.92 Å². The van der Waals surface area contributed by atoms with Crippen LogP contribution in [0.15, 0.2) is 12.2 Å². The quantitative estimate of drug-likeness (QED) is 0.262. The van der Waals surface area contributed by atoms with Crippen LogP contribution in [0, 0.1) is 0 Å². The molecule has 0 aromatic carbocycles. The molecule has 0 saturated heterocycles. The number of carbonyl (C=O) groups excluding carboxylic acids is 1. The summed E-state index contributed by atoms with van der Waals surface area (Å²) in [5, 5.41) is 9.03. The number of hydrogen-bond acceptors (Lipinski definition) is 4. The Bertz CT molecular complexity index is 193. The second kappa shape index (κ2) is 5.69. The summed E-state index contributed by atoms with van der Waals surface area (Å²) >= 11 is 0. The molecule has 0 bridgehead atoms. The Morgan fingerprint density at radius 3 is 2.62 bits per heavy atom. The van der Waals surface area contributed by atoms with Crippen LogP contribution >= 0.6 is 0 Å². The molecule has 0 fully saturated rings. The summed E-state index contributed by atoms with van der Waals surface area (Å²) in [5.41, 5.74) is 0.710. The highest BCUT2D eigenvalue weighted by atomic mass is 16.7. The Morgan fingerprint density at radius 1 is 1.69 bits per heavy atom. The van der Waals surface area contributed by atoms with Gasteiger partial charge in [-0.05, 0) is 13.8 Å². The molecule has 5 heteroatoms. The van der Waals surface area contributed by atoms with E-state index in [-0.39, 0.29) is 6.42 Å². The maximum Gasteiger partial charge on any atom is 0.310 e. The lowest BCUT2D eigenvalue weighted by Gasteiger charge is -2.15. The molecule has 4 N–H and O–H groups in total.